The number of benzene rings is 3. The maximum absolute atomic E-state index is 12.8. The van der Waals surface area contributed by atoms with Crippen LogP contribution in [0.2, 0.25) is 0 Å². The Hall–Kier alpha value is -2.42. The van der Waals surface area contributed by atoms with Gasteiger partial charge in [0.05, 0.1) is 24.2 Å². The molecule has 0 aliphatic carbocycles. The van der Waals surface area contributed by atoms with Crippen LogP contribution in [-0.2, 0) is 40.6 Å². The minimum atomic E-state index is -3.33. The first-order chi connectivity index (χ1) is 18.5. The Morgan fingerprint density at radius 2 is 1.73 bits per heavy atom. The Kier molecular flexibility index (Phi) is 11.2. The fourth-order valence-electron chi connectivity index (χ4n) is 5.59. The number of sulfone groups is 1. The lowest BCUT2D eigenvalue weighted by Crippen LogP contribution is -2.54. The van der Waals surface area contributed by atoms with E-state index >= 15 is 0 Å². The number of nitrogens with one attached hydrogen (secondary N) is 1. The van der Waals surface area contributed by atoms with Gasteiger partial charge < -0.3 is 20.3 Å². The van der Waals surface area contributed by atoms with Crippen LogP contribution < -0.4 is 5.32 Å². The summed E-state index contributed by atoms with van der Waals surface area (Å²) < 4.78 is 31.0. The summed E-state index contributed by atoms with van der Waals surface area (Å²) >= 11 is 0. The van der Waals surface area contributed by atoms with Gasteiger partial charge in [-0.3, -0.25) is 0 Å². The molecule has 1 aliphatic rings. The molecule has 1 heterocycles. The van der Waals surface area contributed by atoms with E-state index in [0.717, 1.165) is 33.4 Å². The van der Waals surface area contributed by atoms with Gasteiger partial charge >= 0.3 is 0 Å². The number of aliphatic hydroxyl groups excluding tert-OH is 1. The first-order valence-electron chi connectivity index (χ1n) is 13.6. The van der Waals surface area contributed by atoms with E-state index in [9.17, 15) is 18.6 Å². The van der Waals surface area contributed by atoms with Crippen LogP contribution in [0.25, 0.3) is 0 Å². The molecule has 1 aliphatic heterocycles. The molecule has 0 radical (unpaired) electrons. The summed E-state index contributed by atoms with van der Waals surface area (Å²) in [5.74, 6) is 0.0425. The quantitative estimate of drug-likeness (QED) is 0.306. The Bertz CT molecular complexity index is 1390. The van der Waals surface area contributed by atoms with Gasteiger partial charge in [0, 0.05) is 32.0 Å². The Morgan fingerprint density at radius 1 is 0.975 bits per heavy atom. The normalized spacial score (nSPS) is 20.3. The van der Waals surface area contributed by atoms with Gasteiger partial charge in [-0.25, -0.2) is 8.42 Å². The van der Waals surface area contributed by atoms with Crippen molar-refractivity contribution in [3.8, 4) is 5.75 Å². The molecule has 218 valence electrons. The zero-order chi connectivity index (χ0) is 28.2. The number of halogens is 1. The monoisotopic (exact) mass is 587 g/mol. The largest absolute Gasteiger partial charge is 0.508 e. The van der Waals surface area contributed by atoms with Crippen LogP contribution in [0.5, 0.6) is 5.75 Å². The van der Waals surface area contributed by atoms with Crippen molar-refractivity contribution < 1.29 is 23.4 Å². The van der Waals surface area contributed by atoms with Crippen molar-refractivity contribution in [2.75, 3.05) is 18.6 Å². The second kappa shape index (κ2) is 14.0. The molecule has 0 aromatic heterocycles. The molecule has 4 rings (SSSR count). The molecular formula is C32H42ClNO5S. The van der Waals surface area contributed by atoms with Gasteiger partial charge in [-0.15, -0.1) is 12.4 Å². The summed E-state index contributed by atoms with van der Waals surface area (Å²) in [4.78, 5) is 0. The second-order valence-electron chi connectivity index (χ2n) is 11.3. The van der Waals surface area contributed by atoms with Gasteiger partial charge in [0.1, 0.15) is 5.75 Å². The van der Waals surface area contributed by atoms with E-state index in [-0.39, 0.29) is 29.7 Å². The number of hydrogen-bond donors (Lipinski definition) is 3. The highest BCUT2D eigenvalue weighted by Gasteiger charge is 2.39. The molecule has 1 fully saturated rings. The Balaban J connectivity index is 0.00000441. The van der Waals surface area contributed by atoms with E-state index in [1.165, 1.54) is 5.56 Å². The van der Waals surface area contributed by atoms with Crippen LogP contribution in [-0.4, -0.2) is 49.4 Å². The summed E-state index contributed by atoms with van der Waals surface area (Å²) in [6.07, 6.45) is 0.160. The molecule has 3 aromatic carbocycles. The molecule has 1 saturated heterocycles. The van der Waals surface area contributed by atoms with Crippen molar-refractivity contribution in [2.24, 2.45) is 5.92 Å². The molecular weight excluding hydrogens is 546 g/mol. The number of phenolic OH excluding ortho intramolecular Hbond substituents is 1. The first-order valence-corrected chi connectivity index (χ1v) is 15.4. The maximum atomic E-state index is 12.8. The van der Waals surface area contributed by atoms with E-state index in [4.69, 9.17) is 4.74 Å². The highest BCUT2D eigenvalue weighted by Crippen LogP contribution is 2.28. The lowest BCUT2D eigenvalue weighted by atomic mass is 9.89. The Morgan fingerprint density at radius 3 is 2.45 bits per heavy atom. The molecule has 8 heteroatoms. The van der Waals surface area contributed by atoms with Gasteiger partial charge in [-0.2, -0.15) is 0 Å². The van der Waals surface area contributed by atoms with Gasteiger partial charge in [0.25, 0.3) is 0 Å². The number of ether oxygens (including phenoxy) is 1. The van der Waals surface area contributed by atoms with Crippen LogP contribution >= 0.6 is 12.4 Å². The molecule has 3 aromatic rings. The van der Waals surface area contributed by atoms with Gasteiger partial charge in [0.15, 0.2) is 9.84 Å². The lowest BCUT2D eigenvalue weighted by Gasteiger charge is -2.35. The first kappa shape index (κ1) is 32.1. The molecule has 0 bridgehead atoms. The van der Waals surface area contributed by atoms with E-state index in [1.54, 1.807) is 13.2 Å². The summed E-state index contributed by atoms with van der Waals surface area (Å²) in [6, 6.07) is 19.4. The summed E-state index contributed by atoms with van der Waals surface area (Å²) in [5, 5.41) is 25.1. The van der Waals surface area contributed by atoms with E-state index in [2.05, 4.69) is 49.5 Å². The zero-order valence-electron chi connectivity index (χ0n) is 23.8. The number of hydrogen-bond acceptors (Lipinski definition) is 6. The summed E-state index contributed by atoms with van der Waals surface area (Å²) in [6.45, 7) is 7.34. The van der Waals surface area contributed by atoms with E-state index in [1.807, 2.05) is 31.2 Å². The van der Waals surface area contributed by atoms with Crippen molar-refractivity contribution in [1.82, 2.24) is 5.32 Å². The van der Waals surface area contributed by atoms with Crippen molar-refractivity contribution in [1.29, 1.82) is 0 Å². The topological polar surface area (TPSA) is 95.9 Å². The Labute approximate surface area is 245 Å². The fraction of sp³-hybridized carbons (Fsp3) is 0.438. The van der Waals surface area contributed by atoms with Gasteiger partial charge in [-0.1, -0.05) is 74.0 Å². The molecule has 0 spiro atoms. The summed E-state index contributed by atoms with van der Waals surface area (Å²) in [7, 11) is -1.66. The molecule has 0 saturated carbocycles. The molecule has 3 atom stereocenters. The van der Waals surface area contributed by atoms with Gasteiger partial charge in [0.2, 0.25) is 0 Å². The highest BCUT2D eigenvalue weighted by molar-refractivity contribution is 7.91. The summed E-state index contributed by atoms with van der Waals surface area (Å²) in [5.41, 5.74) is 7.24. The van der Waals surface area contributed by atoms with E-state index < -0.39 is 27.9 Å². The average Bonchev–Trinajstić information content (AvgIpc) is 2.87. The predicted octanol–water partition coefficient (Wildman–Crippen LogP) is 5.09. The minimum absolute atomic E-state index is 0. The molecule has 0 amide bonds. The molecule has 0 unspecified atom stereocenters. The number of aromatic hydroxyl groups is 1. The number of phenols is 1. The van der Waals surface area contributed by atoms with Crippen LogP contribution in [0, 0.1) is 12.8 Å². The fourth-order valence-corrected chi connectivity index (χ4v) is 7.56. The smallest absolute Gasteiger partial charge is 0.152 e. The second-order valence-corrected chi connectivity index (χ2v) is 13.5. The number of aryl methyl sites for hydroxylation is 1. The van der Waals surface area contributed by atoms with Crippen molar-refractivity contribution in [3.63, 3.8) is 0 Å². The van der Waals surface area contributed by atoms with Crippen molar-refractivity contribution in [2.45, 2.75) is 64.8 Å². The molecule has 40 heavy (non-hydrogen) atoms. The highest BCUT2D eigenvalue weighted by atomic mass is 35.5. The average molecular weight is 588 g/mol. The third-order valence-corrected chi connectivity index (χ3v) is 9.33. The third kappa shape index (κ3) is 8.54. The van der Waals surface area contributed by atoms with Crippen molar-refractivity contribution >= 4 is 22.2 Å². The predicted molar refractivity (Wildman–Crippen MR) is 163 cm³/mol. The maximum Gasteiger partial charge on any atom is 0.152 e. The van der Waals surface area contributed by atoms with Crippen molar-refractivity contribution in [3.05, 3.63) is 99.6 Å². The zero-order valence-corrected chi connectivity index (χ0v) is 25.4. The lowest BCUT2D eigenvalue weighted by molar-refractivity contribution is 0.0781. The van der Waals surface area contributed by atoms with Crippen LogP contribution in [0.3, 0.4) is 0 Å². The van der Waals surface area contributed by atoms with Crippen LogP contribution in [0.4, 0.5) is 0 Å². The standard InChI is InChI=1S/C32H41NO5S.ClH/c1-21(2)27-7-5-6-24(15-27)17-33-30-20-39(36,37)19-29(32(30)35)14-23-8-9-31(34)28(13-23)16-25-10-22(3)11-26(12-25)18-38-4;/h5-13,15,21,29-30,32-35H,14,16-20H2,1-4H3;1H/t29-,30+,32+;/m1./s1. The molecule has 6 nitrogen and oxygen atoms in total. The molecule has 3 N–H and O–H groups in total. The van der Waals surface area contributed by atoms with Crippen LogP contribution in [0.15, 0.2) is 60.7 Å². The van der Waals surface area contributed by atoms with Crippen LogP contribution in [0.1, 0.15) is 58.7 Å². The minimum Gasteiger partial charge on any atom is -0.508 e. The van der Waals surface area contributed by atoms with E-state index in [0.29, 0.717) is 31.9 Å². The SMILES string of the molecule is COCc1cc(C)cc(Cc2cc(C[C@@H]3CS(=O)(=O)C[C@H](NCc4cccc(C(C)C)c4)[C@H]3O)ccc2O)c1.Cl. The number of aliphatic hydroxyl groups is 1. The van der Waals surface area contributed by atoms with Gasteiger partial charge in [-0.05, 0) is 58.7 Å². The number of rotatable bonds is 10. The third-order valence-electron chi connectivity index (χ3n) is 7.53. The number of methoxy groups -OCH3 is 1.